The molecular formula is C10H13ClO3. The van der Waals surface area contributed by atoms with E-state index in [2.05, 4.69) is 0 Å². The van der Waals surface area contributed by atoms with E-state index in [1.54, 1.807) is 26.0 Å². The molecule has 0 saturated heterocycles. The average molecular weight is 217 g/mol. The molecule has 1 N–H and O–H groups in total. The molecule has 0 fully saturated rings. The molecule has 0 aliphatic rings. The summed E-state index contributed by atoms with van der Waals surface area (Å²) in [5.41, 5.74) is 0.205. The van der Waals surface area contributed by atoms with E-state index in [0.29, 0.717) is 0 Å². The highest BCUT2D eigenvalue weighted by molar-refractivity contribution is 5.92. The molecule has 1 rings (SSSR count). The molecule has 0 spiro atoms. The maximum atomic E-state index is 11.3. The molecule has 3 nitrogen and oxygen atoms in total. The predicted octanol–water partition coefficient (Wildman–Crippen LogP) is 2.38. The molecular weight excluding hydrogens is 204 g/mol. The lowest BCUT2D eigenvalue weighted by molar-refractivity contribution is 0.0375. The molecule has 0 unspecified atom stereocenters. The van der Waals surface area contributed by atoms with Gasteiger partial charge in [-0.25, -0.2) is 4.79 Å². The molecule has 0 saturated carbocycles. The van der Waals surface area contributed by atoms with Crippen LogP contribution in [0.3, 0.4) is 0 Å². The predicted molar refractivity (Wildman–Crippen MR) is 55.9 cm³/mol. The van der Waals surface area contributed by atoms with Crippen LogP contribution in [0.5, 0.6) is 5.75 Å². The number of phenolic OH excluding ortho intramolecular Hbond substituents is 1. The third-order valence-corrected chi connectivity index (χ3v) is 1.47. The number of halogens is 1. The average Bonchev–Trinajstić information content (AvgIpc) is 2.03. The monoisotopic (exact) mass is 216 g/mol. The summed E-state index contributed by atoms with van der Waals surface area (Å²) in [6, 6.07) is 6.31. The molecule has 0 atom stereocenters. The Hall–Kier alpha value is -1.22. The van der Waals surface area contributed by atoms with Crippen LogP contribution in [0.25, 0.3) is 0 Å². The lowest BCUT2D eigenvalue weighted by atomic mass is 10.2. The van der Waals surface area contributed by atoms with E-state index in [1.807, 2.05) is 0 Å². The maximum absolute atomic E-state index is 11.3. The van der Waals surface area contributed by atoms with Gasteiger partial charge in [0.05, 0.1) is 6.10 Å². The van der Waals surface area contributed by atoms with Crippen LogP contribution in [0, 0.1) is 0 Å². The minimum Gasteiger partial charge on any atom is -0.507 e. The molecule has 78 valence electrons. The van der Waals surface area contributed by atoms with E-state index in [0.717, 1.165) is 0 Å². The summed E-state index contributed by atoms with van der Waals surface area (Å²) in [4.78, 5) is 11.3. The number of hydrogen-bond acceptors (Lipinski definition) is 3. The highest BCUT2D eigenvalue weighted by Crippen LogP contribution is 2.16. The van der Waals surface area contributed by atoms with Gasteiger partial charge in [0.2, 0.25) is 0 Å². The van der Waals surface area contributed by atoms with Crippen molar-refractivity contribution in [2.45, 2.75) is 20.0 Å². The Morgan fingerprint density at radius 1 is 1.36 bits per heavy atom. The molecule has 0 aromatic heterocycles. The first-order valence-electron chi connectivity index (χ1n) is 4.10. The third kappa shape index (κ3) is 3.26. The Labute approximate surface area is 89.1 Å². The maximum Gasteiger partial charge on any atom is 0.342 e. The van der Waals surface area contributed by atoms with Crippen molar-refractivity contribution in [3.63, 3.8) is 0 Å². The molecule has 0 bridgehead atoms. The second-order valence-corrected chi connectivity index (χ2v) is 2.97. The van der Waals surface area contributed by atoms with Crippen LogP contribution >= 0.6 is 12.4 Å². The van der Waals surface area contributed by atoms with Gasteiger partial charge in [-0.1, -0.05) is 12.1 Å². The van der Waals surface area contributed by atoms with Crippen molar-refractivity contribution in [1.29, 1.82) is 0 Å². The number of aromatic hydroxyl groups is 1. The fourth-order valence-corrected chi connectivity index (χ4v) is 0.924. The van der Waals surface area contributed by atoms with Crippen molar-refractivity contribution in [2.24, 2.45) is 0 Å². The van der Waals surface area contributed by atoms with Gasteiger partial charge in [-0.15, -0.1) is 12.4 Å². The van der Waals surface area contributed by atoms with Crippen molar-refractivity contribution >= 4 is 18.4 Å². The van der Waals surface area contributed by atoms with E-state index in [4.69, 9.17) is 4.74 Å². The molecule has 1 aromatic carbocycles. The van der Waals surface area contributed by atoms with Crippen LogP contribution < -0.4 is 0 Å². The van der Waals surface area contributed by atoms with Crippen molar-refractivity contribution < 1.29 is 14.6 Å². The molecule has 0 radical (unpaired) electrons. The van der Waals surface area contributed by atoms with Gasteiger partial charge in [0.15, 0.2) is 0 Å². The van der Waals surface area contributed by atoms with Gasteiger partial charge in [-0.2, -0.15) is 0 Å². The minimum absolute atomic E-state index is 0. The van der Waals surface area contributed by atoms with Crippen molar-refractivity contribution in [3.8, 4) is 5.75 Å². The summed E-state index contributed by atoms with van der Waals surface area (Å²) in [6.07, 6.45) is -0.174. The number of rotatable bonds is 2. The minimum atomic E-state index is -0.492. The standard InChI is InChI=1S/C10H12O3.ClH/c1-7(2)13-10(12)8-5-3-4-6-9(8)11;/h3-7,11H,1-2H3;1H. The van der Waals surface area contributed by atoms with Crippen LogP contribution in [0.2, 0.25) is 0 Å². The number of carbonyl (C=O) groups is 1. The topological polar surface area (TPSA) is 46.5 Å². The van der Waals surface area contributed by atoms with Gasteiger partial charge in [-0.05, 0) is 26.0 Å². The zero-order valence-corrected chi connectivity index (χ0v) is 8.88. The number of ether oxygens (including phenoxy) is 1. The Kier molecular flexibility index (Phi) is 5.02. The Morgan fingerprint density at radius 2 is 1.93 bits per heavy atom. The normalized spacial score (nSPS) is 9.36. The summed E-state index contributed by atoms with van der Waals surface area (Å²) in [6.45, 7) is 3.52. The van der Waals surface area contributed by atoms with Gasteiger partial charge in [-0.3, -0.25) is 0 Å². The van der Waals surface area contributed by atoms with E-state index in [9.17, 15) is 9.90 Å². The smallest absolute Gasteiger partial charge is 0.342 e. The van der Waals surface area contributed by atoms with Crippen molar-refractivity contribution in [3.05, 3.63) is 29.8 Å². The summed E-state index contributed by atoms with van der Waals surface area (Å²) >= 11 is 0. The first-order valence-corrected chi connectivity index (χ1v) is 4.10. The zero-order chi connectivity index (χ0) is 9.84. The number of esters is 1. The number of benzene rings is 1. The van der Waals surface area contributed by atoms with Crippen LogP contribution in [0.4, 0.5) is 0 Å². The van der Waals surface area contributed by atoms with Crippen molar-refractivity contribution in [1.82, 2.24) is 0 Å². The number of phenols is 1. The summed E-state index contributed by atoms with van der Waals surface area (Å²) in [5.74, 6) is -0.541. The summed E-state index contributed by atoms with van der Waals surface area (Å²) in [7, 11) is 0. The van der Waals surface area contributed by atoms with E-state index in [1.165, 1.54) is 12.1 Å². The fraction of sp³-hybridized carbons (Fsp3) is 0.300. The molecule has 14 heavy (non-hydrogen) atoms. The number of carbonyl (C=O) groups excluding carboxylic acids is 1. The zero-order valence-electron chi connectivity index (χ0n) is 8.06. The van der Waals surface area contributed by atoms with Gasteiger partial charge in [0.25, 0.3) is 0 Å². The van der Waals surface area contributed by atoms with Crippen molar-refractivity contribution in [2.75, 3.05) is 0 Å². The van der Waals surface area contributed by atoms with Crippen LogP contribution in [0.1, 0.15) is 24.2 Å². The highest BCUT2D eigenvalue weighted by atomic mass is 35.5. The largest absolute Gasteiger partial charge is 0.507 e. The first kappa shape index (κ1) is 12.8. The van der Waals surface area contributed by atoms with E-state index in [-0.39, 0.29) is 29.8 Å². The lowest BCUT2D eigenvalue weighted by Crippen LogP contribution is -2.11. The lowest BCUT2D eigenvalue weighted by Gasteiger charge is -2.08. The molecule has 0 heterocycles. The second kappa shape index (κ2) is 5.50. The van der Waals surface area contributed by atoms with Crippen LogP contribution in [-0.4, -0.2) is 17.2 Å². The fourth-order valence-electron chi connectivity index (χ4n) is 0.924. The summed E-state index contributed by atoms with van der Waals surface area (Å²) in [5, 5.41) is 9.29. The quantitative estimate of drug-likeness (QED) is 0.773. The molecule has 0 amide bonds. The third-order valence-electron chi connectivity index (χ3n) is 1.47. The molecule has 0 aliphatic carbocycles. The van der Waals surface area contributed by atoms with E-state index >= 15 is 0 Å². The molecule has 4 heteroatoms. The van der Waals surface area contributed by atoms with Gasteiger partial charge >= 0.3 is 5.97 Å². The van der Waals surface area contributed by atoms with Gasteiger partial charge in [0.1, 0.15) is 11.3 Å². The molecule has 1 aromatic rings. The number of para-hydroxylation sites is 1. The Balaban J connectivity index is 0.00000169. The van der Waals surface area contributed by atoms with Gasteiger partial charge in [0, 0.05) is 0 Å². The Bertz CT molecular complexity index is 310. The van der Waals surface area contributed by atoms with Crippen LogP contribution in [-0.2, 0) is 4.74 Å². The number of hydrogen-bond donors (Lipinski definition) is 1. The first-order chi connectivity index (χ1) is 6.11. The summed E-state index contributed by atoms with van der Waals surface area (Å²) < 4.78 is 4.92. The van der Waals surface area contributed by atoms with E-state index < -0.39 is 5.97 Å². The second-order valence-electron chi connectivity index (χ2n) is 2.97. The highest BCUT2D eigenvalue weighted by Gasteiger charge is 2.12. The van der Waals surface area contributed by atoms with Crippen LogP contribution in [0.15, 0.2) is 24.3 Å². The Morgan fingerprint density at radius 3 is 2.43 bits per heavy atom. The molecule has 0 aliphatic heterocycles. The SMILES string of the molecule is CC(C)OC(=O)c1ccccc1O.Cl. The van der Waals surface area contributed by atoms with Gasteiger partial charge < -0.3 is 9.84 Å².